The molecule has 2 aliphatic carbocycles. The maximum absolute atomic E-state index is 12.0. The van der Waals surface area contributed by atoms with Crippen molar-refractivity contribution in [1.82, 2.24) is 5.32 Å². The Hall–Kier alpha value is -1.06. The van der Waals surface area contributed by atoms with Gasteiger partial charge >= 0.3 is 5.97 Å². The Morgan fingerprint density at radius 1 is 1.28 bits per heavy atom. The molecule has 2 saturated carbocycles. The molecule has 2 fully saturated rings. The smallest absolute Gasteiger partial charge is 0.306 e. The SMILES string of the molecule is CCC1(CNC(=O)C2CCC(C(=O)O)C2)CCC1. The summed E-state index contributed by atoms with van der Waals surface area (Å²) in [6.45, 7) is 2.96. The number of nitrogens with one attached hydrogen (secondary N) is 1. The van der Waals surface area contributed by atoms with Crippen molar-refractivity contribution in [3.8, 4) is 0 Å². The largest absolute Gasteiger partial charge is 0.481 e. The molecule has 1 amide bonds. The lowest BCUT2D eigenvalue weighted by molar-refractivity contribution is -0.141. The van der Waals surface area contributed by atoms with E-state index < -0.39 is 5.97 Å². The maximum atomic E-state index is 12.0. The number of carboxylic acids is 1. The zero-order chi connectivity index (χ0) is 13.2. The van der Waals surface area contributed by atoms with Crippen LogP contribution >= 0.6 is 0 Å². The minimum atomic E-state index is -0.755. The monoisotopic (exact) mass is 253 g/mol. The van der Waals surface area contributed by atoms with Gasteiger partial charge in [0.1, 0.15) is 0 Å². The van der Waals surface area contributed by atoms with Crippen molar-refractivity contribution in [3.63, 3.8) is 0 Å². The van der Waals surface area contributed by atoms with Crippen molar-refractivity contribution in [2.45, 2.75) is 51.9 Å². The van der Waals surface area contributed by atoms with Crippen molar-refractivity contribution >= 4 is 11.9 Å². The molecular formula is C14H23NO3. The fourth-order valence-electron chi connectivity index (χ4n) is 3.19. The molecule has 0 radical (unpaired) electrons. The number of aliphatic carboxylic acids is 1. The van der Waals surface area contributed by atoms with Crippen molar-refractivity contribution in [3.05, 3.63) is 0 Å². The first kappa shape index (κ1) is 13.4. The molecule has 2 rings (SSSR count). The molecule has 0 bridgehead atoms. The van der Waals surface area contributed by atoms with Gasteiger partial charge in [-0.3, -0.25) is 9.59 Å². The summed E-state index contributed by atoms with van der Waals surface area (Å²) >= 11 is 0. The van der Waals surface area contributed by atoms with Gasteiger partial charge in [-0.1, -0.05) is 13.3 Å². The Morgan fingerprint density at radius 3 is 2.39 bits per heavy atom. The molecular weight excluding hydrogens is 230 g/mol. The predicted molar refractivity (Wildman–Crippen MR) is 68.1 cm³/mol. The first-order valence-corrected chi connectivity index (χ1v) is 7.07. The normalized spacial score (nSPS) is 29.6. The first-order valence-electron chi connectivity index (χ1n) is 7.07. The molecule has 0 aromatic heterocycles. The summed E-state index contributed by atoms with van der Waals surface area (Å²) in [4.78, 5) is 22.9. The molecule has 2 aliphatic rings. The van der Waals surface area contributed by atoms with Crippen LogP contribution in [0.1, 0.15) is 51.9 Å². The van der Waals surface area contributed by atoms with Gasteiger partial charge in [-0.25, -0.2) is 0 Å². The third-order valence-electron chi connectivity index (χ3n) is 4.95. The van der Waals surface area contributed by atoms with E-state index in [0.29, 0.717) is 18.3 Å². The van der Waals surface area contributed by atoms with Crippen molar-refractivity contribution in [2.24, 2.45) is 17.3 Å². The number of carboxylic acid groups (broad SMARTS) is 1. The summed E-state index contributed by atoms with van der Waals surface area (Å²) in [5.41, 5.74) is 0.334. The van der Waals surface area contributed by atoms with Crippen molar-refractivity contribution in [2.75, 3.05) is 6.54 Å². The Bertz CT molecular complexity index is 330. The van der Waals surface area contributed by atoms with E-state index in [4.69, 9.17) is 5.11 Å². The maximum Gasteiger partial charge on any atom is 0.306 e. The van der Waals surface area contributed by atoms with Crippen LogP contribution in [0.5, 0.6) is 0 Å². The van der Waals surface area contributed by atoms with E-state index in [9.17, 15) is 9.59 Å². The summed E-state index contributed by atoms with van der Waals surface area (Å²) in [5, 5.41) is 12.0. The van der Waals surface area contributed by atoms with Crippen molar-refractivity contribution in [1.29, 1.82) is 0 Å². The Morgan fingerprint density at radius 2 is 1.94 bits per heavy atom. The zero-order valence-electron chi connectivity index (χ0n) is 11.1. The highest BCUT2D eigenvalue weighted by Crippen LogP contribution is 2.43. The van der Waals surface area contributed by atoms with E-state index in [0.717, 1.165) is 19.4 Å². The summed E-state index contributed by atoms with van der Waals surface area (Å²) in [7, 11) is 0. The topological polar surface area (TPSA) is 66.4 Å². The van der Waals surface area contributed by atoms with Crippen LogP contribution in [-0.4, -0.2) is 23.5 Å². The summed E-state index contributed by atoms with van der Waals surface area (Å²) in [6.07, 6.45) is 6.71. The molecule has 4 nitrogen and oxygen atoms in total. The van der Waals surface area contributed by atoms with E-state index >= 15 is 0 Å². The van der Waals surface area contributed by atoms with Gasteiger partial charge in [-0.05, 0) is 43.9 Å². The number of amides is 1. The summed E-state index contributed by atoms with van der Waals surface area (Å²) < 4.78 is 0. The van der Waals surface area contributed by atoms with Crippen LogP contribution in [0, 0.1) is 17.3 Å². The average Bonchev–Trinajstić information content (AvgIpc) is 2.77. The molecule has 18 heavy (non-hydrogen) atoms. The molecule has 0 aromatic carbocycles. The quantitative estimate of drug-likeness (QED) is 0.789. The fraction of sp³-hybridized carbons (Fsp3) is 0.857. The van der Waals surface area contributed by atoms with E-state index in [2.05, 4.69) is 12.2 Å². The third-order valence-corrected chi connectivity index (χ3v) is 4.95. The van der Waals surface area contributed by atoms with Gasteiger partial charge in [-0.2, -0.15) is 0 Å². The molecule has 0 heterocycles. The minimum Gasteiger partial charge on any atom is -0.481 e. The molecule has 0 aliphatic heterocycles. The number of carbonyl (C=O) groups excluding carboxylic acids is 1. The fourth-order valence-corrected chi connectivity index (χ4v) is 3.19. The second-order valence-corrected chi connectivity index (χ2v) is 5.97. The van der Waals surface area contributed by atoms with Gasteiger partial charge in [-0.15, -0.1) is 0 Å². The Kier molecular flexibility index (Phi) is 3.93. The van der Waals surface area contributed by atoms with Gasteiger partial charge in [0.15, 0.2) is 0 Å². The predicted octanol–water partition coefficient (Wildman–Crippen LogP) is 2.18. The Balaban J connectivity index is 1.77. The van der Waals surface area contributed by atoms with Gasteiger partial charge in [0.05, 0.1) is 5.92 Å². The highest BCUT2D eigenvalue weighted by molar-refractivity contribution is 5.80. The molecule has 0 aromatic rings. The lowest BCUT2D eigenvalue weighted by Gasteiger charge is -2.41. The lowest BCUT2D eigenvalue weighted by Crippen LogP contribution is -2.43. The van der Waals surface area contributed by atoms with Crippen LogP contribution in [0.4, 0.5) is 0 Å². The van der Waals surface area contributed by atoms with Crippen LogP contribution in [0.3, 0.4) is 0 Å². The highest BCUT2D eigenvalue weighted by Gasteiger charge is 2.37. The summed E-state index contributed by atoms with van der Waals surface area (Å²) in [5.74, 6) is -1.09. The van der Waals surface area contributed by atoms with E-state index in [1.807, 2.05) is 0 Å². The molecule has 2 unspecified atom stereocenters. The number of hydrogen-bond donors (Lipinski definition) is 2. The molecule has 4 heteroatoms. The molecule has 2 atom stereocenters. The van der Waals surface area contributed by atoms with Crippen LogP contribution in [0.25, 0.3) is 0 Å². The second kappa shape index (κ2) is 5.29. The van der Waals surface area contributed by atoms with Crippen LogP contribution in [0.2, 0.25) is 0 Å². The zero-order valence-corrected chi connectivity index (χ0v) is 11.1. The van der Waals surface area contributed by atoms with Gasteiger partial charge in [0.2, 0.25) is 5.91 Å². The number of hydrogen-bond acceptors (Lipinski definition) is 2. The standard InChI is InChI=1S/C14H23NO3/c1-2-14(6-3-7-14)9-15-12(16)10-4-5-11(8-10)13(17)18/h10-11H,2-9H2,1H3,(H,15,16)(H,17,18). The van der Waals surface area contributed by atoms with Crippen LogP contribution in [-0.2, 0) is 9.59 Å². The van der Waals surface area contributed by atoms with Gasteiger partial charge in [0.25, 0.3) is 0 Å². The summed E-state index contributed by atoms with van der Waals surface area (Å²) in [6, 6.07) is 0. The lowest BCUT2D eigenvalue weighted by atomic mass is 9.67. The number of rotatable bonds is 5. The minimum absolute atomic E-state index is 0.0680. The Labute approximate surface area is 108 Å². The number of carbonyl (C=O) groups is 2. The van der Waals surface area contributed by atoms with Gasteiger partial charge < -0.3 is 10.4 Å². The van der Waals surface area contributed by atoms with Crippen LogP contribution < -0.4 is 5.32 Å². The molecule has 2 N–H and O–H groups in total. The van der Waals surface area contributed by atoms with Crippen LogP contribution in [0.15, 0.2) is 0 Å². The van der Waals surface area contributed by atoms with Crippen molar-refractivity contribution < 1.29 is 14.7 Å². The third kappa shape index (κ3) is 2.68. The second-order valence-electron chi connectivity index (χ2n) is 5.97. The average molecular weight is 253 g/mol. The molecule has 102 valence electrons. The highest BCUT2D eigenvalue weighted by atomic mass is 16.4. The van der Waals surface area contributed by atoms with Gasteiger partial charge in [0, 0.05) is 12.5 Å². The van der Waals surface area contributed by atoms with E-state index in [1.165, 1.54) is 19.3 Å². The van der Waals surface area contributed by atoms with E-state index in [1.54, 1.807) is 0 Å². The first-order chi connectivity index (χ1) is 8.56. The molecule has 0 spiro atoms. The molecule has 0 saturated heterocycles. The van der Waals surface area contributed by atoms with E-state index in [-0.39, 0.29) is 17.7 Å².